The lowest BCUT2D eigenvalue weighted by Gasteiger charge is -2.56. The van der Waals surface area contributed by atoms with Crippen LogP contribution >= 0.6 is 12.4 Å². The quantitative estimate of drug-likeness (QED) is 0.838. The number of methoxy groups -OCH3 is 1. The van der Waals surface area contributed by atoms with Crippen LogP contribution in [0.15, 0.2) is 24.3 Å². The zero-order chi connectivity index (χ0) is 12.8. The van der Waals surface area contributed by atoms with E-state index in [1.807, 2.05) is 6.07 Å². The number of ether oxygens (including phenoxy) is 1. The molecule has 20 heavy (non-hydrogen) atoms. The van der Waals surface area contributed by atoms with Crippen molar-refractivity contribution in [1.82, 2.24) is 4.90 Å². The summed E-state index contributed by atoms with van der Waals surface area (Å²) in [5.41, 5.74) is 1.41. The van der Waals surface area contributed by atoms with Crippen LogP contribution in [0.4, 0.5) is 0 Å². The summed E-state index contributed by atoms with van der Waals surface area (Å²) in [5, 5.41) is 0. The van der Waals surface area contributed by atoms with Crippen molar-refractivity contribution in [2.45, 2.75) is 50.7 Å². The lowest BCUT2D eigenvalue weighted by molar-refractivity contribution is -0.0637. The molecule has 0 aromatic heterocycles. The molecule has 2 saturated heterocycles. The first-order valence-corrected chi connectivity index (χ1v) is 7.70. The maximum Gasteiger partial charge on any atom is 0.119 e. The van der Waals surface area contributed by atoms with Gasteiger partial charge in [-0.15, -0.1) is 12.4 Å². The number of rotatable bonds is 3. The van der Waals surface area contributed by atoms with E-state index in [-0.39, 0.29) is 12.4 Å². The molecule has 0 unspecified atom stereocenters. The van der Waals surface area contributed by atoms with Gasteiger partial charge in [0.05, 0.1) is 7.11 Å². The van der Waals surface area contributed by atoms with Gasteiger partial charge in [-0.3, -0.25) is 4.90 Å². The highest BCUT2D eigenvalue weighted by molar-refractivity contribution is 5.85. The molecule has 110 valence electrons. The van der Waals surface area contributed by atoms with Crippen molar-refractivity contribution in [3.63, 3.8) is 0 Å². The van der Waals surface area contributed by atoms with E-state index >= 15 is 0 Å². The number of piperidine rings is 2. The van der Waals surface area contributed by atoms with E-state index < -0.39 is 0 Å². The van der Waals surface area contributed by atoms with Gasteiger partial charge in [-0.05, 0) is 61.6 Å². The van der Waals surface area contributed by atoms with E-state index in [0.717, 1.165) is 36.2 Å². The van der Waals surface area contributed by atoms with Gasteiger partial charge in [-0.1, -0.05) is 12.1 Å². The minimum absolute atomic E-state index is 0. The summed E-state index contributed by atoms with van der Waals surface area (Å²) < 4.78 is 5.34. The SMILES string of the molecule is COc1cccc(CN2C3CC4CC(C3)CC2C4)c1.Cl. The van der Waals surface area contributed by atoms with Crippen LogP contribution in [0.2, 0.25) is 0 Å². The molecule has 2 saturated carbocycles. The highest BCUT2D eigenvalue weighted by Gasteiger charge is 2.46. The minimum atomic E-state index is 0. The smallest absolute Gasteiger partial charge is 0.119 e. The van der Waals surface area contributed by atoms with Gasteiger partial charge < -0.3 is 4.74 Å². The van der Waals surface area contributed by atoms with Gasteiger partial charge in [0.2, 0.25) is 0 Å². The molecule has 0 atom stereocenters. The third-order valence-corrected chi connectivity index (χ3v) is 5.53. The lowest BCUT2D eigenvalue weighted by Crippen LogP contribution is -2.57. The molecule has 0 N–H and O–H groups in total. The van der Waals surface area contributed by atoms with Crippen LogP contribution in [0, 0.1) is 11.8 Å². The lowest BCUT2D eigenvalue weighted by atomic mass is 9.63. The minimum Gasteiger partial charge on any atom is -0.497 e. The Balaban J connectivity index is 0.00000121. The Kier molecular flexibility index (Phi) is 3.96. The standard InChI is InChI=1S/C17H23NO.ClH/c1-19-17-4-2-3-12(10-17)11-18-15-6-13-5-14(8-15)9-16(18)7-13;/h2-4,10,13-16H,5-9,11H2,1H3;1H. The summed E-state index contributed by atoms with van der Waals surface area (Å²) in [6.07, 6.45) is 7.35. The maximum absolute atomic E-state index is 5.34. The van der Waals surface area contributed by atoms with Gasteiger partial charge in [0, 0.05) is 18.6 Å². The molecule has 0 spiro atoms. The number of hydrogen-bond donors (Lipinski definition) is 0. The first kappa shape index (κ1) is 14.2. The Labute approximate surface area is 127 Å². The fourth-order valence-corrected chi connectivity index (χ4v) is 4.86. The summed E-state index contributed by atoms with van der Waals surface area (Å²) in [6, 6.07) is 10.3. The molecule has 0 radical (unpaired) electrons. The predicted molar refractivity (Wildman–Crippen MR) is 83.4 cm³/mol. The Bertz CT molecular complexity index is 448. The van der Waals surface area contributed by atoms with E-state index in [2.05, 4.69) is 23.1 Å². The Hall–Kier alpha value is -0.730. The fraction of sp³-hybridized carbons (Fsp3) is 0.647. The molecule has 5 rings (SSSR count). The van der Waals surface area contributed by atoms with Crippen molar-refractivity contribution >= 4 is 12.4 Å². The molecule has 2 nitrogen and oxygen atoms in total. The van der Waals surface area contributed by atoms with Gasteiger partial charge in [-0.25, -0.2) is 0 Å². The summed E-state index contributed by atoms with van der Waals surface area (Å²) >= 11 is 0. The summed E-state index contributed by atoms with van der Waals surface area (Å²) in [6.45, 7) is 1.12. The largest absolute Gasteiger partial charge is 0.497 e. The molecular weight excluding hydrogens is 270 g/mol. The van der Waals surface area contributed by atoms with Crippen LogP contribution in [0.3, 0.4) is 0 Å². The molecule has 1 aromatic carbocycles. The molecule has 3 heteroatoms. The van der Waals surface area contributed by atoms with Crippen LogP contribution in [0.1, 0.15) is 37.7 Å². The number of nitrogens with zero attached hydrogens (tertiary/aromatic N) is 1. The Morgan fingerprint density at radius 3 is 2.30 bits per heavy atom. The second-order valence-electron chi connectivity index (χ2n) is 6.74. The predicted octanol–water partition coefficient (Wildman–Crippen LogP) is 3.88. The zero-order valence-corrected chi connectivity index (χ0v) is 12.9. The zero-order valence-electron chi connectivity index (χ0n) is 12.1. The van der Waals surface area contributed by atoms with Crippen LogP contribution in [0.25, 0.3) is 0 Å². The fourth-order valence-electron chi connectivity index (χ4n) is 4.86. The molecule has 4 fully saturated rings. The van der Waals surface area contributed by atoms with E-state index in [1.165, 1.54) is 37.7 Å². The van der Waals surface area contributed by atoms with Gasteiger partial charge in [0.15, 0.2) is 0 Å². The number of benzene rings is 1. The van der Waals surface area contributed by atoms with E-state index in [9.17, 15) is 0 Å². The van der Waals surface area contributed by atoms with Crippen molar-refractivity contribution in [3.05, 3.63) is 29.8 Å². The average molecular weight is 294 g/mol. The third-order valence-electron chi connectivity index (χ3n) is 5.53. The van der Waals surface area contributed by atoms with Crippen LogP contribution in [-0.2, 0) is 6.54 Å². The Morgan fingerprint density at radius 2 is 1.70 bits per heavy atom. The van der Waals surface area contributed by atoms with E-state index in [4.69, 9.17) is 4.74 Å². The van der Waals surface area contributed by atoms with Gasteiger partial charge in [0.1, 0.15) is 5.75 Å². The maximum atomic E-state index is 5.34. The van der Waals surface area contributed by atoms with Crippen LogP contribution in [-0.4, -0.2) is 24.1 Å². The molecule has 2 heterocycles. The van der Waals surface area contributed by atoms with Crippen LogP contribution in [0.5, 0.6) is 5.75 Å². The molecule has 2 aliphatic carbocycles. The molecular formula is C17H24ClNO. The van der Waals surface area contributed by atoms with Gasteiger partial charge >= 0.3 is 0 Å². The first-order chi connectivity index (χ1) is 9.31. The van der Waals surface area contributed by atoms with Crippen LogP contribution < -0.4 is 4.74 Å². The van der Waals surface area contributed by atoms with Crippen molar-refractivity contribution in [2.75, 3.05) is 7.11 Å². The average Bonchev–Trinajstić information content (AvgIpc) is 2.42. The normalized spacial score (nSPS) is 34.9. The topological polar surface area (TPSA) is 12.5 Å². The first-order valence-electron chi connectivity index (χ1n) is 7.70. The summed E-state index contributed by atoms with van der Waals surface area (Å²) in [4.78, 5) is 2.79. The molecule has 1 aromatic rings. The van der Waals surface area contributed by atoms with Gasteiger partial charge in [-0.2, -0.15) is 0 Å². The monoisotopic (exact) mass is 293 g/mol. The summed E-state index contributed by atoms with van der Waals surface area (Å²) in [5.74, 6) is 3.08. The Morgan fingerprint density at radius 1 is 1.05 bits per heavy atom. The third kappa shape index (κ3) is 2.44. The molecule has 2 aliphatic heterocycles. The second-order valence-corrected chi connectivity index (χ2v) is 6.74. The number of halogens is 1. The van der Waals surface area contributed by atoms with Crippen molar-refractivity contribution in [1.29, 1.82) is 0 Å². The van der Waals surface area contributed by atoms with E-state index in [0.29, 0.717) is 0 Å². The van der Waals surface area contributed by atoms with E-state index in [1.54, 1.807) is 7.11 Å². The summed E-state index contributed by atoms with van der Waals surface area (Å²) in [7, 11) is 1.75. The van der Waals surface area contributed by atoms with Crippen molar-refractivity contribution in [2.24, 2.45) is 11.8 Å². The molecule has 4 aliphatic rings. The van der Waals surface area contributed by atoms with Crippen molar-refractivity contribution < 1.29 is 4.74 Å². The number of hydrogen-bond acceptors (Lipinski definition) is 2. The molecule has 4 bridgehead atoms. The highest BCUT2D eigenvalue weighted by atomic mass is 35.5. The molecule has 0 amide bonds. The highest BCUT2D eigenvalue weighted by Crippen LogP contribution is 2.49. The van der Waals surface area contributed by atoms with Gasteiger partial charge in [0.25, 0.3) is 0 Å². The second kappa shape index (κ2) is 5.57. The van der Waals surface area contributed by atoms with Crippen molar-refractivity contribution in [3.8, 4) is 5.75 Å².